The summed E-state index contributed by atoms with van der Waals surface area (Å²) < 4.78 is 16.3. The Hall–Kier alpha value is -1.42. The third-order valence-corrected chi connectivity index (χ3v) is 4.00. The van der Waals surface area contributed by atoms with Crippen molar-refractivity contribution in [1.29, 1.82) is 0 Å². The van der Waals surface area contributed by atoms with Gasteiger partial charge in [0.05, 0.1) is 21.3 Å². The Morgan fingerprint density at radius 1 is 1.05 bits per heavy atom. The molecule has 0 heterocycles. The predicted octanol–water partition coefficient (Wildman–Crippen LogP) is 2.77. The molecule has 1 atom stereocenters. The van der Waals surface area contributed by atoms with Crippen LogP contribution in [0.1, 0.15) is 30.9 Å². The highest BCUT2D eigenvalue weighted by Crippen LogP contribution is 2.46. The molecule has 4 heteroatoms. The summed E-state index contributed by atoms with van der Waals surface area (Å²) in [5, 5.41) is 3.41. The van der Waals surface area contributed by atoms with Crippen LogP contribution in [-0.4, -0.2) is 28.4 Å². The summed E-state index contributed by atoms with van der Waals surface area (Å²) >= 11 is 0. The van der Waals surface area contributed by atoms with Crippen LogP contribution in [0.5, 0.6) is 17.2 Å². The fourth-order valence-corrected chi connectivity index (χ4v) is 2.79. The van der Waals surface area contributed by atoms with Gasteiger partial charge in [0.2, 0.25) is 5.75 Å². The van der Waals surface area contributed by atoms with Gasteiger partial charge in [-0.1, -0.05) is 6.42 Å². The van der Waals surface area contributed by atoms with Crippen LogP contribution >= 0.6 is 0 Å². The minimum atomic E-state index is 0.309. The summed E-state index contributed by atoms with van der Waals surface area (Å²) in [5.74, 6) is 2.82. The van der Waals surface area contributed by atoms with E-state index in [1.54, 1.807) is 21.3 Å². The van der Waals surface area contributed by atoms with Crippen LogP contribution in [0.4, 0.5) is 0 Å². The van der Waals surface area contributed by atoms with Crippen LogP contribution in [0, 0.1) is 5.92 Å². The van der Waals surface area contributed by atoms with Gasteiger partial charge in [-0.15, -0.1) is 0 Å². The lowest BCUT2D eigenvalue weighted by atomic mass is 9.77. The lowest BCUT2D eigenvalue weighted by molar-refractivity contribution is 0.232. The maximum Gasteiger partial charge on any atom is 0.203 e. The first-order valence-electron chi connectivity index (χ1n) is 6.72. The van der Waals surface area contributed by atoms with E-state index in [2.05, 4.69) is 11.4 Å². The van der Waals surface area contributed by atoms with E-state index < -0.39 is 0 Å². The number of rotatable bonds is 6. The van der Waals surface area contributed by atoms with Gasteiger partial charge in [-0.2, -0.15) is 0 Å². The standard InChI is InChI=1S/C15H23NO3/c1-16-13(10-6-5-7-10)11-8-9-12(17-2)15(19-4)14(11)18-3/h8-10,13,16H,5-7H2,1-4H3. The Bertz CT molecular complexity index is 430. The van der Waals surface area contributed by atoms with Crippen molar-refractivity contribution in [2.75, 3.05) is 28.4 Å². The Morgan fingerprint density at radius 3 is 2.16 bits per heavy atom. The number of methoxy groups -OCH3 is 3. The smallest absolute Gasteiger partial charge is 0.203 e. The molecule has 1 aromatic carbocycles. The molecule has 1 aromatic rings. The van der Waals surface area contributed by atoms with Gasteiger partial charge >= 0.3 is 0 Å². The van der Waals surface area contributed by atoms with Gasteiger partial charge in [-0.25, -0.2) is 0 Å². The lowest BCUT2D eigenvalue weighted by Crippen LogP contribution is -2.30. The maximum absolute atomic E-state index is 5.57. The molecule has 106 valence electrons. The number of benzene rings is 1. The molecule has 1 N–H and O–H groups in total. The van der Waals surface area contributed by atoms with Crippen LogP contribution < -0.4 is 19.5 Å². The fourth-order valence-electron chi connectivity index (χ4n) is 2.79. The molecule has 0 aromatic heterocycles. The van der Waals surface area contributed by atoms with Crippen molar-refractivity contribution >= 4 is 0 Å². The molecule has 0 saturated heterocycles. The Morgan fingerprint density at radius 2 is 1.74 bits per heavy atom. The van der Waals surface area contributed by atoms with Gasteiger partial charge in [0.25, 0.3) is 0 Å². The van der Waals surface area contributed by atoms with Gasteiger partial charge in [0.15, 0.2) is 11.5 Å². The number of nitrogens with one attached hydrogen (secondary N) is 1. The minimum Gasteiger partial charge on any atom is -0.493 e. The Labute approximate surface area is 115 Å². The second-order valence-electron chi connectivity index (χ2n) is 4.88. The van der Waals surface area contributed by atoms with Crippen molar-refractivity contribution in [3.05, 3.63) is 17.7 Å². The van der Waals surface area contributed by atoms with Gasteiger partial charge in [0.1, 0.15) is 0 Å². The summed E-state index contributed by atoms with van der Waals surface area (Å²) in [6.07, 6.45) is 3.85. The minimum absolute atomic E-state index is 0.309. The average molecular weight is 265 g/mol. The molecule has 1 saturated carbocycles. The Balaban J connectivity index is 2.43. The highest BCUT2D eigenvalue weighted by molar-refractivity contribution is 5.56. The highest BCUT2D eigenvalue weighted by Gasteiger charge is 2.31. The van der Waals surface area contributed by atoms with Crippen LogP contribution in [-0.2, 0) is 0 Å². The highest BCUT2D eigenvalue weighted by atomic mass is 16.5. The summed E-state index contributed by atoms with van der Waals surface area (Å²) in [6, 6.07) is 4.32. The van der Waals surface area contributed by atoms with E-state index in [0.717, 1.165) is 11.3 Å². The quantitative estimate of drug-likeness (QED) is 0.858. The summed E-state index contributed by atoms with van der Waals surface area (Å²) in [6.45, 7) is 0. The molecule has 1 fully saturated rings. The van der Waals surface area contributed by atoms with E-state index in [-0.39, 0.29) is 0 Å². The molecule has 0 spiro atoms. The van der Waals surface area contributed by atoms with E-state index in [0.29, 0.717) is 23.5 Å². The van der Waals surface area contributed by atoms with Crippen molar-refractivity contribution in [2.45, 2.75) is 25.3 Å². The molecule has 0 bridgehead atoms. The van der Waals surface area contributed by atoms with Crippen molar-refractivity contribution < 1.29 is 14.2 Å². The van der Waals surface area contributed by atoms with Gasteiger partial charge in [-0.05, 0) is 37.9 Å². The van der Waals surface area contributed by atoms with Crippen LogP contribution in [0.25, 0.3) is 0 Å². The second kappa shape index (κ2) is 6.15. The zero-order valence-electron chi connectivity index (χ0n) is 12.2. The molecule has 2 rings (SSSR count). The maximum atomic E-state index is 5.57. The number of hydrogen-bond acceptors (Lipinski definition) is 4. The van der Waals surface area contributed by atoms with E-state index in [1.807, 2.05) is 13.1 Å². The normalized spacial score (nSPS) is 16.6. The predicted molar refractivity (Wildman–Crippen MR) is 75.2 cm³/mol. The molecule has 0 amide bonds. The topological polar surface area (TPSA) is 39.7 Å². The van der Waals surface area contributed by atoms with Gasteiger partial charge in [-0.3, -0.25) is 0 Å². The first-order chi connectivity index (χ1) is 9.26. The van der Waals surface area contributed by atoms with E-state index in [4.69, 9.17) is 14.2 Å². The molecular formula is C15H23NO3. The third-order valence-electron chi connectivity index (χ3n) is 4.00. The monoisotopic (exact) mass is 265 g/mol. The zero-order valence-corrected chi connectivity index (χ0v) is 12.2. The molecule has 1 aliphatic carbocycles. The summed E-state index contributed by atoms with van der Waals surface area (Å²) in [5.41, 5.74) is 1.15. The summed E-state index contributed by atoms with van der Waals surface area (Å²) in [7, 11) is 6.95. The molecule has 1 unspecified atom stereocenters. The van der Waals surface area contributed by atoms with Crippen molar-refractivity contribution in [2.24, 2.45) is 5.92 Å². The lowest BCUT2D eigenvalue weighted by Gasteiger charge is -2.34. The van der Waals surface area contributed by atoms with Crippen molar-refractivity contribution in [3.8, 4) is 17.2 Å². The number of hydrogen-bond donors (Lipinski definition) is 1. The zero-order chi connectivity index (χ0) is 13.8. The molecule has 0 aliphatic heterocycles. The fraction of sp³-hybridized carbons (Fsp3) is 0.600. The van der Waals surface area contributed by atoms with Gasteiger partial charge < -0.3 is 19.5 Å². The van der Waals surface area contributed by atoms with Crippen LogP contribution in [0.15, 0.2) is 12.1 Å². The van der Waals surface area contributed by atoms with Crippen molar-refractivity contribution in [1.82, 2.24) is 5.32 Å². The van der Waals surface area contributed by atoms with Crippen LogP contribution in [0.3, 0.4) is 0 Å². The van der Waals surface area contributed by atoms with Crippen molar-refractivity contribution in [3.63, 3.8) is 0 Å². The molecule has 0 radical (unpaired) electrons. The average Bonchev–Trinajstić information content (AvgIpc) is 2.40. The first-order valence-corrected chi connectivity index (χ1v) is 6.72. The summed E-state index contributed by atoms with van der Waals surface area (Å²) in [4.78, 5) is 0. The SMILES string of the molecule is CNC(c1ccc(OC)c(OC)c1OC)C1CCC1. The van der Waals surface area contributed by atoms with E-state index >= 15 is 0 Å². The molecule has 1 aliphatic rings. The second-order valence-corrected chi connectivity index (χ2v) is 4.88. The molecule has 4 nitrogen and oxygen atoms in total. The third kappa shape index (κ3) is 2.50. The van der Waals surface area contributed by atoms with E-state index in [9.17, 15) is 0 Å². The van der Waals surface area contributed by atoms with Gasteiger partial charge in [0, 0.05) is 11.6 Å². The van der Waals surface area contributed by atoms with E-state index in [1.165, 1.54) is 19.3 Å². The largest absolute Gasteiger partial charge is 0.493 e. The number of ether oxygens (including phenoxy) is 3. The molecule has 19 heavy (non-hydrogen) atoms. The molecular weight excluding hydrogens is 242 g/mol. The Kier molecular flexibility index (Phi) is 4.53. The first kappa shape index (κ1) is 14.0. The van der Waals surface area contributed by atoms with Crippen LogP contribution in [0.2, 0.25) is 0 Å².